The van der Waals surface area contributed by atoms with Crippen LogP contribution in [-0.4, -0.2) is 21.3 Å². The van der Waals surface area contributed by atoms with Crippen molar-refractivity contribution in [2.24, 2.45) is 0 Å². The second-order valence-electron chi connectivity index (χ2n) is 12.1. The largest absolute Gasteiger partial charge is 0.444 e. The van der Waals surface area contributed by atoms with Crippen LogP contribution in [0.25, 0.3) is 21.8 Å². The highest BCUT2D eigenvalue weighted by Crippen LogP contribution is 2.36. The smallest absolute Gasteiger partial charge is 0.419 e. The van der Waals surface area contributed by atoms with Crippen LogP contribution >= 0.6 is 0 Å². The summed E-state index contributed by atoms with van der Waals surface area (Å²) in [6.45, 7) is 4.25. The molecule has 7 rings (SSSR count). The van der Waals surface area contributed by atoms with E-state index in [4.69, 9.17) is 9.47 Å². The van der Waals surface area contributed by atoms with Crippen LogP contribution in [0.5, 0.6) is 0 Å². The second kappa shape index (κ2) is 13.5. The summed E-state index contributed by atoms with van der Waals surface area (Å²) in [6, 6.07) is 43.8. The van der Waals surface area contributed by atoms with E-state index >= 15 is 0 Å². The monoisotopic (exact) mass is 632 g/mol. The first-order chi connectivity index (χ1) is 23.5. The molecular formula is C42H36N2O4. The molecule has 6 heteroatoms. The molecule has 0 aliphatic carbocycles. The van der Waals surface area contributed by atoms with Crippen LogP contribution in [0, 0.1) is 13.8 Å². The predicted molar refractivity (Wildman–Crippen MR) is 189 cm³/mol. The van der Waals surface area contributed by atoms with Gasteiger partial charge in [-0.25, -0.2) is 18.7 Å². The van der Waals surface area contributed by atoms with Crippen LogP contribution in [0.3, 0.4) is 0 Å². The fourth-order valence-electron chi connectivity index (χ4n) is 6.54. The predicted octanol–water partition coefficient (Wildman–Crippen LogP) is 9.76. The van der Waals surface area contributed by atoms with Crippen LogP contribution in [0.2, 0.25) is 0 Å². The minimum absolute atomic E-state index is 0.164. The molecule has 0 aliphatic heterocycles. The van der Waals surface area contributed by atoms with E-state index in [0.29, 0.717) is 12.8 Å². The van der Waals surface area contributed by atoms with Crippen molar-refractivity contribution in [3.63, 3.8) is 0 Å². The van der Waals surface area contributed by atoms with E-state index in [1.54, 1.807) is 9.13 Å². The molecule has 0 radical (unpaired) electrons. The Bertz CT molecular complexity index is 2060. The number of fused-ring (bicyclic) bond motifs is 2. The average Bonchev–Trinajstić information content (AvgIpc) is 3.55. The van der Waals surface area contributed by atoms with Crippen molar-refractivity contribution >= 4 is 34.0 Å². The third-order valence-corrected chi connectivity index (χ3v) is 9.01. The first-order valence-electron chi connectivity index (χ1n) is 16.2. The van der Waals surface area contributed by atoms with Crippen molar-refractivity contribution in [3.8, 4) is 0 Å². The molecule has 2 aromatic heterocycles. The maximum absolute atomic E-state index is 13.9. The number of aromatic nitrogens is 2. The third kappa shape index (κ3) is 6.13. The van der Waals surface area contributed by atoms with Crippen molar-refractivity contribution in [2.45, 2.75) is 39.9 Å². The summed E-state index contributed by atoms with van der Waals surface area (Å²) in [7, 11) is 0. The van der Waals surface area contributed by atoms with Crippen LogP contribution in [0.1, 0.15) is 44.8 Å². The highest BCUT2D eigenvalue weighted by Gasteiger charge is 2.26. The van der Waals surface area contributed by atoms with Gasteiger partial charge < -0.3 is 9.47 Å². The molecule has 0 spiro atoms. The van der Waals surface area contributed by atoms with Gasteiger partial charge in [0.05, 0.1) is 11.0 Å². The lowest BCUT2D eigenvalue weighted by Gasteiger charge is -2.10. The molecule has 5 aromatic carbocycles. The molecule has 0 bridgehead atoms. The van der Waals surface area contributed by atoms with Crippen LogP contribution < -0.4 is 0 Å². The Morgan fingerprint density at radius 2 is 0.792 bits per heavy atom. The van der Waals surface area contributed by atoms with Gasteiger partial charge in [0.2, 0.25) is 0 Å². The molecular weight excluding hydrogens is 596 g/mol. The summed E-state index contributed by atoms with van der Waals surface area (Å²) in [4.78, 5) is 27.8. The molecule has 0 atom stereocenters. The molecule has 238 valence electrons. The number of ether oxygens (including phenoxy) is 2. The van der Waals surface area contributed by atoms with Gasteiger partial charge in [-0.2, -0.15) is 0 Å². The van der Waals surface area contributed by atoms with Crippen molar-refractivity contribution < 1.29 is 19.1 Å². The summed E-state index contributed by atoms with van der Waals surface area (Å²) in [5.74, 6) is 0. The Balaban J connectivity index is 1.39. The summed E-state index contributed by atoms with van der Waals surface area (Å²) < 4.78 is 15.1. The maximum atomic E-state index is 13.9. The standard InChI is InChI=1S/C42H36N2O4/c1-29-35(23-31-15-7-3-8-16-31)37-25-40-38(26-39(37)43(29)41(45)47-27-33-19-11-5-12-20-33)36(24-32-17-9-4-10-18-32)30(2)44(40)42(46)48-28-34-21-13-6-14-22-34/h3-22,25-26H,23-24,27-28H2,1-2H3. The molecule has 0 unspecified atom stereocenters. The quantitative estimate of drug-likeness (QED) is 0.167. The Morgan fingerprint density at radius 1 is 0.479 bits per heavy atom. The molecule has 0 aliphatic rings. The van der Waals surface area contributed by atoms with Gasteiger partial charge in [-0.3, -0.25) is 0 Å². The molecule has 7 aromatic rings. The minimum Gasteiger partial charge on any atom is -0.444 e. The van der Waals surface area contributed by atoms with Gasteiger partial charge >= 0.3 is 12.2 Å². The highest BCUT2D eigenvalue weighted by molar-refractivity contribution is 6.05. The van der Waals surface area contributed by atoms with Gasteiger partial charge in [0.1, 0.15) is 13.2 Å². The van der Waals surface area contributed by atoms with E-state index in [-0.39, 0.29) is 13.2 Å². The normalized spacial score (nSPS) is 11.2. The summed E-state index contributed by atoms with van der Waals surface area (Å²) >= 11 is 0. The summed E-state index contributed by atoms with van der Waals surface area (Å²) in [5, 5.41) is 1.78. The van der Waals surface area contributed by atoms with Gasteiger partial charge in [0, 0.05) is 22.2 Å². The minimum atomic E-state index is -0.442. The lowest BCUT2D eigenvalue weighted by molar-refractivity contribution is 0.141. The molecule has 0 saturated heterocycles. The number of benzene rings is 5. The van der Waals surface area contributed by atoms with Gasteiger partial charge in [-0.15, -0.1) is 0 Å². The number of hydrogen-bond donors (Lipinski definition) is 0. The van der Waals surface area contributed by atoms with E-state index < -0.39 is 12.2 Å². The number of rotatable bonds is 8. The number of nitrogens with zero attached hydrogens (tertiary/aromatic N) is 2. The number of carbonyl (C=O) groups excluding carboxylic acids is 2. The Morgan fingerprint density at radius 3 is 1.12 bits per heavy atom. The zero-order valence-electron chi connectivity index (χ0n) is 27.1. The summed E-state index contributed by atoms with van der Waals surface area (Å²) in [6.07, 6.45) is 0.344. The Labute approximate surface area is 279 Å². The molecule has 0 amide bonds. The molecule has 0 N–H and O–H groups in total. The second-order valence-corrected chi connectivity index (χ2v) is 12.1. The lowest BCUT2D eigenvalue weighted by atomic mass is 9.99. The van der Waals surface area contributed by atoms with E-state index in [1.165, 1.54) is 0 Å². The molecule has 0 fully saturated rings. The van der Waals surface area contributed by atoms with Gasteiger partial charge in [0.25, 0.3) is 0 Å². The fourth-order valence-corrected chi connectivity index (χ4v) is 6.54. The summed E-state index contributed by atoms with van der Waals surface area (Å²) in [5.41, 5.74) is 9.17. The van der Waals surface area contributed by atoms with E-state index in [1.807, 2.05) is 123 Å². The van der Waals surface area contributed by atoms with E-state index in [0.717, 1.165) is 66.6 Å². The van der Waals surface area contributed by atoms with Gasteiger partial charge in [0.15, 0.2) is 0 Å². The van der Waals surface area contributed by atoms with Crippen LogP contribution in [-0.2, 0) is 35.5 Å². The van der Waals surface area contributed by atoms with Crippen LogP contribution in [0.15, 0.2) is 133 Å². The number of hydrogen-bond acceptors (Lipinski definition) is 4. The molecule has 0 saturated carbocycles. The van der Waals surface area contributed by atoms with Crippen molar-refractivity contribution in [2.75, 3.05) is 0 Å². The Kier molecular flexibility index (Phi) is 8.63. The maximum Gasteiger partial charge on any atom is 0.419 e. The zero-order valence-corrected chi connectivity index (χ0v) is 27.1. The van der Waals surface area contributed by atoms with Crippen molar-refractivity contribution in [1.82, 2.24) is 9.13 Å². The Hall–Kier alpha value is -5.88. The zero-order chi connectivity index (χ0) is 33.0. The van der Waals surface area contributed by atoms with Crippen molar-refractivity contribution in [3.05, 3.63) is 178 Å². The lowest BCUT2D eigenvalue weighted by Crippen LogP contribution is -2.15. The number of carbonyl (C=O) groups is 2. The van der Waals surface area contributed by atoms with E-state index in [9.17, 15) is 9.59 Å². The third-order valence-electron chi connectivity index (χ3n) is 9.01. The SMILES string of the molecule is Cc1c(Cc2ccccc2)c2cc3c(cc2n1C(=O)OCc1ccccc1)c(Cc1ccccc1)c(C)n3C(=O)OCc1ccccc1. The van der Waals surface area contributed by atoms with Gasteiger partial charge in [-0.1, -0.05) is 121 Å². The topological polar surface area (TPSA) is 62.5 Å². The van der Waals surface area contributed by atoms with Gasteiger partial charge in [-0.05, 0) is 72.2 Å². The average molecular weight is 633 g/mol. The first kappa shape index (κ1) is 30.8. The molecule has 2 heterocycles. The first-order valence-corrected chi connectivity index (χ1v) is 16.2. The molecule has 6 nitrogen and oxygen atoms in total. The van der Waals surface area contributed by atoms with E-state index in [2.05, 4.69) is 24.3 Å². The van der Waals surface area contributed by atoms with Crippen molar-refractivity contribution in [1.29, 1.82) is 0 Å². The molecule has 48 heavy (non-hydrogen) atoms. The van der Waals surface area contributed by atoms with Crippen LogP contribution in [0.4, 0.5) is 9.59 Å². The fraction of sp³-hybridized carbons (Fsp3) is 0.143. The highest BCUT2D eigenvalue weighted by atomic mass is 16.6.